The molecule has 0 saturated heterocycles. The Hall–Kier alpha value is -0.960. The zero-order valence-corrected chi connectivity index (χ0v) is 9.23. The number of thioether (sulfide) groups is 1. The van der Waals surface area contributed by atoms with Gasteiger partial charge in [-0.1, -0.05) is 17.7 Å². The maximum Gasteiger partial charge on any atom is 0.220 e. The quantitative estimate of drug-likeness (QED) is 0.770. The van der Waals surface area contributed by atoms with Crippen molar-refractivity contribution in [1.82, 2.24) is 5.32 Å². The summed E-state index contributed by atoms with van der Waals surface area (Å²) in [5.74, 6) is 1.95. The lowest BCUT2D eigenvalue weighted by atomic mass is 10.2. The Morgan fingerprint density at radius 2 is 2.07 bits per heavy atom. The monoisotopic (exact) mass is 208 g/mol. The Morgan fingerprint density at radius 3 is 2.64 bits per heavy atom. The van der Waals surface area contributed by atoms with Gasteiger partial charge in [-0.3, -0.25) is 4.79 Å². The molecule has 2 nitrogen and oxygen atoms in total. The van der Waals surface area contributed by atoms with Gasteiger partial charge in [0.2, 0.25) is 5.91 Å². The molecule has 3 heteroatoms. The van der Waals surface area contributed by atoms with Crippen molar-refractivity contribution < 1.29 is 4.79 Å². The Labute approximate surface area is 89.1 Å². The van der Waals surface area contributed by atoms with Crippen LogP contribution >= 0.6 is 11.8 Å². The predicted molar refractivity (Wildman–Crippen MR) is 60.0 cm³/mol. The van der Waals surface area contributed by atoms with Crippen LogP contribution in [0, 0.1) is 12.7 Å². The third-order valence-electron chi connectivity index (χ3n) is 1.79. The van der Waals surface area contributed by atoms with Crippen molar-refractivity contribution >= 4 is 17.7 Å². The lowest BCUT2D eigenvalue weighted by Gasteiger charge is -2.01. The predicted octanol–water partition coefficient (Wildman–Crippen LogP) is 2.39. The van der Waals surface area contributed by atoms with Crippen molar-refractivity contribution in [2.75, 3.05) is 7.05 Å². The molecule has 0 aliphatic heterocycles. The molecule has 0 atom stereocenters. The fraction of sp³-hybridized carbons (Fsp3) is 0.273. The minimum atomic E-state index is 0.0459. The molecule has 0 unspecified atom stereocenters. The fourth-order valence-electron chi connectivity index (χ4n) is 0.932. The zero-order chi connectivity index (χ0) is 10.4. The molecule has 0 fully saturated rings. The Morgan fingerprint density at radius 1 is 1.43 bits per heavy atom. The van der Waals surface area contributed by atoms with Gasteiger partial charge >= 0.3 is 0 Å². The van der Waals surface area contributed by atoms with E-state index in [2.05, 4.69) is 36.5 Å². The molecule has 0 aliphatic rings. The third-order valence-corrected chi connectivity index (χ3v) is 2.67. The van der Waals surface area contributed by atoms with Crippen molar-refractivity contribution in [3.8, 4) is 0 Å². The van der Waals surface area contributed by atoms with Crippen molar-refractivity contribution in [2.24, 2.45) is 0 Å². The summed E-state index contributed by atoms with van der Waals surface area (Å²) in [6.45, 7) is 2.06. The van der Waals surface area contributed by atoms with Crippen LogP contribution in [0.5, 0.6) is 0 Å². The summed E-state index contributed by atoms with van der Waals surface area (Å²) in [7, 11) is 1.65. The minimum absolute atomic E-state index is 0.0459. The van der Waals surface area contributed by atoms with Crippen molar-refractivity contribution in [3.63, 3.8) is 0 Å². The van der Waals surface area contributed by atoms with Gasteiger partial charge in [0, 0.05) is 24.1 Å². The van der Waals surface area contributed by atoms with Crippen LogP contribution in [0.3, 0.4) is 0 Å². The molecule has 0 spiro atoms. The van der Waals surface area contributed by atoms with Crippen LogP contribution in [0.2, 0.25) is 0 Å². The molecule has 1 N–H and O–H groups in total. The number of rotatable bonds is 4. The molecule has 1 rings (SSSR count). The van der Waals surface area contributed by atoms with Gasteiger partial charge in [-0.2, -0.15) is 0 Å². The first-order valence-corrected chi connectivity index (χ1v) is 5.36. The summed E-state index contributed by atoms with van der Waals surface area (Å²) >= 11 is 1.59. The first-order valence-electron chi connectivity index (χ1n) is 4.48. The maximum absolute atomic E-state index is 10.9. The molecule has 1 radical (unpaired) electrons. The van der Waals surface area contributed by atoms with E-state index in [9.17, 15) is 4.79 Å². The molecule has 0 aromatic heterocycles. The van der Waals surface area contributed by atoms with E-state index in [0.29, 0.717) is 6.42 Å². The fourth-order valence-corrected chi connectivity index (χ4v) is 1.65. The van der Waals surface area contributed by atoms with Gasteiger partial charge in [-0.25, -0.2) is 0 Å². The number of carbonyl (C=O) groups is 1. The van der Waals surface area contributed by atoms with Crippen molar-refractivity contribution in [3.05, 3.63) is 35.6 Å². The highest BCUT2D eigenvalue weighted by Gasteiger charge is 1.99. The van der Waals surface area contributed by atoms with Crippen LogP contribution in [0.15, 0.2) is 29.2 Å². The second-order valence-electron chi connectivity index (χ2n) is 2.97. The number of amides is 1. The van der Waals surface area contributed by atoms with E-state index in [1.165, 1.54) is 10.5 Å². The van der Waals surface area contributed by atoms with E-state index in [0.717, 1.165) is 0 Å². The first-order chi connectivity index (χ1) is 6.72. The Kier molecular flexibility index (Phi) is 4.53. The second-order valence-corrected chi connectivity index (χ2v) is 4.02. The van der Waals surface area contributed by atoms with Gasteiger partial charge in [-0.05, 0) is 19.1 Å². The Bertz CT molecular complexity index is 295. The number of benzene rings is 1. The van der Waals surface area contributed by atoms with E-state index in [-0.39, 0.29) is 5.91 Å². The average Bonchev–Trinajstić information content (AvgIpc) is 2.21. The van der Waals surface area contributed by atoms with E-state index in [4.69, 9.17) is 0 Å². The summed E-state index contributed by atoms with van der Waals surface area (Å²) in [6, 6.07) is 8.24. The van der Waals surface area contributed by atoms with Gasteiger partial charge in [0.05, 0.1) is 0 Å². The SMILES string of the molecule is CNC(=O)C[CH]Sc1ccc(C)cc1. The number of aryl methyl sites for hydroxylation is 1. The molecule has 14 heavy (non-hydrogen) atoms. The van der Waals surface area contributed by atoms with E-state index < -0.39 is 0 Å². The number of nitrogens with one attached hydrogen (secondary N) is 1. The van der Waals surface area contributed by atoms with Crippen LogP contribution in [-0.4, -0.2) is 13.0 Å². The normalized spacial score (nSPS) is 9.86. The number of hydrogen-bond donors (Lipinski definition) is 1. The van der Waals surface area contributed by atoms with Crippen LogP contribution in [-0.2, 0) is 4.79 Å². The summed E-state index contributed by atoms with van der Waals surface area (Å²) in [5.41, 5.74) is 1.25. The smallest absolute Gasteiger partial charge is 0.220 e. The molecule has 1 aromatic rings. The zero-order valence-electron chi connectivity index (χ0n) is 8.41. The molecule has 0 saturated carbocycles. The summed E-state index contributed by atoms with van der Waals surface area (Å²) in [4.78, 5) is 12.1. The highest BCUT2D eigenvalue weighted by molar-refractivity contribution is 8.01. The van der Waals surface area contributed by atoms with E-state index in [1.807, 2.05) is 5.75 Å². The highest BCUT2D eigenvalue weighted by Crippen LogP contribution is 2.22. The van der Waals surface area contributed by atoms with Gasteiger partial charge in [0.25, 0.3) is 0 Å². The summed E-state index contributed by atoms with van der Waals surface area (Å²) in [6.07, 6.45) is 0.453. The summed E-state index contributed by atoms with van der Waals surface area (Å²) < 4.78 is 0. The van der Waals surface area contributed by atoms with Gasteiger partial charge in [0.15, 0.2) is 0 Å². The minimum Gasteiger partial charge on any atom is -0.359 e. The molecule has 1 aromatic carbocycles. The van der Waals surface area contributed by atoms with Crippen molar-refractivity contribution in [2.45, 2.75) is 18.2 Å². The topological polar surface area (TPSA) is 29.1 Å². The first kappa shape index (κ1) is 11.1. The summed E-state index contributed by atoms with van der Waals surface area (Å²) in [5, 5.41) is 2.58. The second kappa shape index (κ2) is 5.70. The lowest BCUT2D eigenvalue weighted by molar-refractivity contribution is -0.119. The van der Waals surface area contributed by atoms with Crippen LogP contribution in [0.4, 0.5) is 0 Å². The van der Waals surface area contributed by atoms with Crippen LogP contribution < -0.4 is 5.32 Å². The van der Waals surface area contributed by atoms with Gasteiger partial charge in [0.1, 0.15) is 0 Å². The van der Waals surface area contributed by atoms with Gasteiger partial charge < -0.3 is 5.32 Å². The van der Waals surface area contributed by atoms with Crippen LogP contribution in [0.1, 0.15) is 12.0 Å². The molecule has 0 heterocycles. The Balaban J connectivity index is 2.31. The molecular weight excluding hydrogens is 194 g/mol. The maximum atomic E-state index is 10.9. The molecule has 0 aliphatic carbocycles. The van der Waals surface area contributed by atoms with Crippen molar-refractivity contribution in [1.29, 1.82) is 0 Å². The van der Waals surface area contributed by atoms with Gasteiger partial charge in [-0.15, -0.1) is 11.8 Å². The largest absolute Gasteiger partial charge is 0.359 e. The molecule has 0 bridgehead atoms. The van der Waals surface area contributed by atoms with E-state index in [1.54, 1.807) is 18.8 Å². The standard InChI is InChI=1S/C11H14NOS/c1-9-3-5-10(6-4-9)14-8-7-11(13)12-2/h3-6,8H,7H2,1-2H3,(H,12,13). The number of hydrogen-bond acceptors (Lipinski definition) is 2. The molecule has 75 valence electrons. The highest BCUT2D eigenvalue weighted by atomic mass is 32.2. The average molecular weight is 208 g/mol. The number of carbonyl (C=O) groups excluding carboxylic acids is 1. The molecular formula is C11H14NOS. The van der Waals surface area contributed by atoms with E-state index >= 15 is 0 Å². The lowest BCUT2D eigenvalue weighted by Crippen LogP contribution is -2.16. The molecule has 1 amide bonds. The van der Waals surface area contributed by atoms with Crippen LogP contribution in [0.25, 0.3) is 0 Å². The third kappa shape index (κ3) is 3.83.